The molecule has 0 saturated carbocycles. The maximum Gasteiger partial charge on any atom is 0.0462 e. The van der Waals surface area contributed by atoms with E-state index < -0.39 is 0 Å². The standard InChI is InChI=1S/C14H21BrClN/c1-10(2)14(3,4)9-17-8-11-5-6-12(15)7-13(11)16/h5-7,10,17H,8-9H2,1-4H3. The van der Waals surface area contributed by atoms with E-state index in [1.54, 1.807) is 0 Å². The summed E-state index contributed by atoms with van der Waals surface area (Å²) < 4.78 is 1.02. The molecular weight excluding hydrogens is 298 g/mol. The van der Waals surface area contributed by atoms with Crippen molar-refractivity contribution in [1.82, 2.24) is 5.32 Å². The average Bonchev–Trinajstić information content (AvgIpc) is 2.21. The normalized spacial score (nSPS) is 12.2. The van der Waals surface area contributed by atoms with Crippen LogP contribution in [0.5, 0.6) is 0 Å². The molecule has 3 heteroatoms. The predicted molar refractivity (Wildman–Crippen MR) is 79.5 cm³/mol. The predicted octanol–water partition coefficient (Wildman–Crippen LogP) is 4.87. The summed E-state index contributed by atoms with van der Waals surface area (Å²) in [4.78, 5) is 0. The molecular formula is C14H21BrClN. The van der Waals surface area contributed by atoms with Crippen LogP contribution in [0.2, 0.25) is 5.02 Å². The molecule has 0 aromatic heterocycles. The molecule has 0 radical (unpaired) electrons. The van der Waals surface area contributed by atoms with Crippen LogP contribution in [0, 0.1) is 11.3 Å². The molecule has 1 N–H and O–H groups in total. The van der Waals surface area contributed by atoms with Crippen molar-refractivity contribution < 1.29 is 0 Å². The first-order chi connectivity index (χ1) is 7.83. The summed E-state index contributed by atoms with van der Waals surface area (Å²) in [5.74, 6) is 0.662. The number of hydrogen-bond acceptors (Lipinski definition) is 1. The van der Waals surface area contributed by atoms with Crippen LogP contribution in [-0.2, 0) is 6.54 Å². The molecule has 1 aromatic carbocycles. The fourth-order valence-corrected chi connectivity index (χ4v) is 2.13. The fourth-order valence-electron chi connectivity index (χ4n) is 1.39. The van der Waals surface area contributed by atoms with Gasteiger partial charge in [0.1, 0.15) is 0 Å². The summed E-state index contributed by atoms with van der Waals surface area (Å²) in [6.45, 7) is 10.9. The molecule has 0 fully saturated rings. The van der Waals surface area contributed by atoms with Gasteiger partial charge in [0.15, 0.2) is 0 Å². The van der Waals surface area contributed by atoms with Crippen LogP contribution in [-0.4, -0.2) is 6.54 Å². The van der Waals surface area contributed by atoms with Crippen molar-refractivity contribution in [3.8, 4) is 0 Å². The van der Waals surface area contributed by atoms with E-state index in [0.29, 0.717) is 11.3 Å². The summed E-state index contributed by atoms with van der Waals surface area (Å²) in [5.41, 5.74) is 1.45. The minimum atomic E-state index is 0.307. The van der Waals surface area contributed by atoms with Crippen molar-refractivity contribution in [2.24, 2.45) is 11.3 Å². The molecule has 17 heavy (non-hydrogen) atoms. The van der Waals surface area contributed by atoms with Gasteiger partial charge in [-0.2, -0.15) is 0 Å². The summed E-state index contributed by atoms with van der Waals surface area (Å²) in [6, 6.07) is 6.02. The minimum Gasteiger partial charge on any atom is -0.312 e. The highest BCUT2D eigenvalue weighted by Gasteiger charge is 2.21. The van der Waals surface area contributed by atoms with Crippen LogP contribution in [0.1, 0.15) is 33.3 Å². The number of benzene rings is 1. The third-order valence-electron chi connectivity index (χ3n) is 3.47. The van der Waals surface area contributed by atoms with Crippen molar-refractivity contribution in [1.29, 1.82) is 0 Å². The molecule has 1 nitrogen and oxygen atoms in total. The lowest BCUT2D eigenvalue weighted by molar-refractivity contribution is 0.238. The largest absolute Gasteiger partial charge is 0.312 e. The lowest BCUT2D eigenvalue weighted by Gasteiger charge is -2.29. The lowest BCUT2D eigenvalue weighted by Crippen LogP contribution is -2.33. The van der Waals surface area contributed by atoms with Crippen LogP contribution in [0.15, 0.2) is 22.7 Å². The van der Waals surface area contributed by atoms with Gasteiger partial charge in [-0.3, -0.25) is 0 Å². The van der Waals surface area contributed by atoms with Crippen molar-refractivity contribution in [2.75, 3.05) is 6.54 Å². The third kappa shape index (κ3) is 4.61. The zero-order chi connectivity index (χ0) is 13.1. The van der Waals surface area contributed by atoms with Gasteiger partial charge >= 0.3 is 0 Å². The van der Waals surface area contributed by atoms with E-state index in [1.807, 2.05) is 12.1 Å². The van der Waals surface area contributed by atoms with Gasteiger partial charge in [-0.05, 0) is 29.0 Å². The first-order valence-electron chi connectivity index (χ1n) is 5.97. The highest BCUT2D eigenvalue weighted by molar-refractivity contribution is 9.10. The summed E-state index contributed by atoms with van der Waals surface area (Å²) in [7, 11) is 0. The zero-order valence-corrected chi connectivity index (χ0v) is 13.3. The summed E-state index contributed by atoms with van der Waals surface area (Å²) in [5, 5.41) is 4.30. The van der Waals surface area contributed by atoms with E-state index in [4.69, 9.17) is 11.6 Å². The van der Waals surface area contributed by atoms with Gasteiger partial charge in [-0.1, -0.05) is 61.3 Å². The molecule has 96 valence electrons. The molecule has 0 heterocycles. The Labute approximate surface area is 118 Å². The highest BCUT2D eigenvalue weighted by atomic mass is 79.9. The second-order valence-electron chi connectivity index (χ2n) is 5.48. The van der Waals surface area contributed by atoms with E-state index in [9.17, 15) is 0 Å². The van der Waals surface area contributed by atoms with E-state index in [2.05, 4.69) is 55.0 Å². The monoisotopic (exact) mass is 317 g/mol. The Bertz CT molecular complexity index is 374. The third-order valence-corrected chi connectivity index (χ3v) is 4.32. The summed E-state index contributed by atoms with van der Waals surface area (Å²) >= 11 is 9.58. The number of halogens is 2. The van der Waals surface area contributed by atoms with Crippen LogP contribution in [0.4, 0.5) is 0 Å². The Morgan fingerprint density at radius 3 is 2.53 bits per heavy atom. The Morgan fingerprint density at radius 2 is 2.00 bits per heavy atom. The summed E-state index contributed by atoms with van der Waals surface area (Å²) in [6.07, 6.45) is 0. The Kier molecular flexibility index (Phi) is 5.49. The Hall–Kier alpha value is -0.0500. The molecule has 0 aliphatic carbocycles. The van der Waals surface area contributed by atoms with Crippen LogP contribution >= 0.6 is 27.5 Å². The average molecular weight is 319 g/mol. The number of nitrogens with one attached hydrogen (secondary N) is 1. The van der Waals surface area contributed by atoms with Gasteiger partial charge in [-0.15, -0.1) is 0 Å². The zero-order valence-electron chi connectivity index (χ0n) is 11.0. The van der Waals surface area contributed by atoms with Crippen LogP contribution < -0.4 is 5.32 Å². The minimum absolute atomic E-state index is 0.307. The Balaban J connectivity index is 2.51. The van der Waals surface area contributed by atoms with Crippen LogP contribution in [0.25, 0.3) is 0 Å². The maximum absolute atomic E-state index is 6.17. The van der Waals surface area contributed by atoms with Gasteiger partial charge in [0.25, 0.3) is 0 Å². The van der Waals surface area contributed by atoms with E-state index >= 15 is 0 Å². The fraction of sp³-hybridized carbons (Fsp3) is 0.571. The number of rotatable bonds is 5. The second-order valence-corrected chi connectivity index (χ2v) is 6.81. The maximum atomic E-state index is 6.17. The topological polar surface area (TPSA) is 12.0 Å². The first kappa shape index (κ1) is 15.0. The molecule has 0 bridgehead atoms. The highest BCUT2D eigenvalue weighted by Crippen LogP contribution is 2.25. The number of hydrogen-bond donors (Lipinski definition) is 1. The van der Waals surface area contributed by atoms with Crippen molar-refractivity contribution in [3.63, 3.8) is 0 Å². The molecule has 0 saturated heterocycles. The molecule has 0 amide bonds. The molecule has 0 aliphatic heterocycles. The quantitative estimate of drug-likeness (QED) is 0.816. The van der Waals surface area contributed by atoms with Gasteiger partial charge in [0.05, 0.1) is 0 Å². The Morgan fingerprint density at radius 1 is 1.35 bits per heavy atom. The molecule has 0 unspecified atom stereocenters. The van der Waals surface area contributed by atoms with Crippen molar-refractivity contribution in [2.45, 2.75) is 34.2 Å². The molecule has 1 rings (SSSR count). The van der Waals surface area contributed by atoms with E-state index in [1.165, 1.54) is 0 Å². The molecule has 0 atom stereocenters. The smallest absolute Gasteiger partial charge is 0.0462 e. The van der Waals surface area contributed by atoms with E-state index in [0.717, 1.165) is 28.1 Å². The lowest BCUT2D eigenvalue weighted by atomic mass is 9.81. The SMILES string of the molecule is CC(C)C(C)(C)CNCc1ccc(Br)cc1Cl. The van der Waals surface area contributed by atoms with E-state index in [-0.39, 0.29) is 0 Å². The van der Waals surface area contributed by atoms with Gasteiger partial charge in [-0.25, -0.2) is 0 Å². The van der Waals surface area contributed by atoms with Gasteiger partial charge in [0, 0.05) is 22.6 Å². The first-order valence-corrected chi connectivity index (χ1v) is 7.14. The van der Waals surface area contributed by atoms with Gasteiger partial charge < -0.3 is 5.32 Å². The van der Waals surface area contributed by atoms with Crippen molar-refractivity contribution >= 4 is 27.5 Å². The van der Waals surface area contributed by atoms with Crippen molar-refractivity contribution in [3.05, 3.63) is 33.3 Å². The molecule has 0 aliphatic rings. The molecule has 1 aromatic rings. The van der Waals surface area contributed by atoms with Gasteiger partial charge in [0.2, 0.25) is 0 Å². The molecule has 0 spiro atoms. The van der Waals surface area contributed by atoms with Crippen LogP contribution in [0.3, 0.4) is 0 Å². The second kappa shape index (κ2) is 6.21.